The third-order valence-electron chi connectivity index (χ3n) is 3.11. The first-order valence-corrected chi connectivity index (χ1v) is 9.35. The van der Waals surface area contributed by atoms with Crippen LogP contribution in [0.1, 0.15) is 22.8 Å². The van der Waals surface area contributed by atoms with E-state index in [4.69, 9.17) is 4.74 Å². The average molecular weight is 348 g/mol. The van der Waals surface area contributed by atoms with Crippen molar-refractivity contribution in [3.8, 4) is 5.75 Å². The van der Waals surface area contributed by atoms with Crippen LogP contribution in [-0.2, 0) is 16.6 Å². The Hall–Kier alpha value is -2.54. The SMILES string of the molecule is CCOc1ccccc1C(=O)NCc1cccc(NS(C)(=O)=O)c1. The second-order valence-electron chi connectivity index (χ2n) is 5.19. The van der Waals surface area contributed by atoms with E-state index in [-0.39, 0.29) is 12.5 Å². The zero-order valence-electron chi connectivity index (χ0n) is 13.6. The summed E-state index contributed by atoms with van der Waals surface area (Å²) in [6.07, 6.45) is 1.09. The molecule has 0 saturated heterocycles. The number of carbonyl (C=O) groups excluding carboxylic acids is 1. The highest BCUT2D eigenvalue weighted by molar-refractivity contribution is 7.92. The summed E-state index contributed by atoms with van der Waals surface area (Å²) < 4.78 is 30.4. The Bertz CT molecular complexity index is 819. The molecule has 1 amide bonds. The normalized spacial score (nSPS) is 10.9. The van der Waals surface area contributed by atoms with Gasteiger partial charge in [-0.1, -0.05) is 24.3 Å². The van der Waals surface area contributed by atoms with Crippen LogP contribution in [0.2, 0.25) is 0 Å². The largest absolute Gasteiger partial charge is 0.493 e. The van der Waals surface area contributed by atoms with Crippen LogP contribution in [-0.4, -0.2) is 27.2 Å². The Kier molecular flexibility index (Phi) is 5.81. The predicted octanol–water partition coefficient (Wildman–Crippen LogP) is 2.39. The first kappa shape index (κ1) is 17.8. The summed E-state index contributed by atoms with van der Waals surface area (Å²) in [5.74, 6) is 0.283. The molecule has 2 N–H and O–H groups in total. The summed E-state index contributed by atoms with van der Waals surface area (Å²) in [6, 6.07) is 13.9. The van der Waals surface area contributed by atoms with E-state index in [1.165, 1.54) is 0 Å². The van der Waals surface area contributed by atoms with E-state index >= 15 is 0 Å². The van der Waals surface area contributed by atoms with Gasteiger partial charge in [0.2, 0.25) is 10.0 Å². The van der Waals surface area contributed by atoms with E-state index in [2.05, 4.69) is 10.0 Å². The molecule has 24 heavy (non-hydrogen) atoms. The number of rotatable bonds is 7. The Morgan fingerprint density at radius 2 is 1.88 bits per heavy atom. The molecule has 2 aromatic carbocycles. The van der Waals surface area contributed by atoms with Crippen LogP contribution in [0.5, 0.6) is 5.75 Å². The second-order valence-corrected chi connectivity index (χ2v) is 6.93. The number of carbonyl (C=O) groups is 1. The lowest BCUT2D eigenvalue weighted by Gasteiger charge is -2.11. The van der Waals surface area contributed by atoms with Crippen molar-refractivity contribution in [3.63, 3.8) is 0 Å². The molecule has 0 aromatic heterocycles. The summed E-state index contributed by atoms with van der Waals surface area (Å²) in [5.41, 5.74) is 1.70. The highest BCUT2D eigenvalue weighted by Crippen LogP contribution is 2.18. The molecule has 2 aromatic rings. The van der Waals surface area contributed by atoms with E-state index < -0.39 is 10.0 Å². The van der Waals surface area contributed by atoms with Crippen LogP contribution in [0, 0.1) is 0 Å². The standard InChI is InChI=1S/C17H20N2O4S/c1-3-23-16-10-5-4-9-15(16)17(20)18-12-13-7-6-8-14(11-13)19-24(2,21)22/h4-11,19H,3,12H2,1-2H3,(H,18,20). The smallest absolute Gasteiger partial charge is 0.255 e. The van der Waals surface area contributed by atoms with E-state index in [1.807, 2.05) is 19.1 Å². The summed E-state index contributed by atoms with van der Waals surface area (Å²) in [6.45, 7) is 2.61. The van der Waals surface area contributed by atoms with Crippen molar-refractivity contribution < 1.29 is 17.9 Å². The predicted molar refractivity (Wildman–Crippen MR) is 93.7 cm³/mol. The minimum absolute atomic E-state index is 0.250. The molecule has 0 heterocycles. The fourth-order valence-electron chi connectivity index (χ4n) is 2.17. The van der Waals surface area contributed by atoms with E-state index in [0.717, 1.165) is 11.8 Å². The molecule has 0 radical (unpaired) electrons. The van der Waals surface area contributed by atoms with E-state index in [1.54, 1.807) is 36.4 Å². The van der Waals surface area contributed by atoms with Crippen molar-refractivity contribution in [2.24, 2.45) is 0 Å². The van der Waals surface area contributed by atoms with Crippen LogP contribution >= 0.6 is 0 Å². The maximum atomic E-state index is 12.3. The van der Waals surface area contributed by atoms with Gasteiger partial charge in [0.05, 0.1) is 18.4 Å². The second kappa shape index (κ2) is 7.83. The molecule has 0 aliphatic carbocycles. The van der Waals surface area contributed by atoms with Crippen molar-refractivity contribution in [2.45, 2.75) is 13.5 Å². The maximum Gasteiger partial charge on any atom is 0.255 e. The number of ether oxygens (including phenoxy) is 1. The summed E-state index contributed by atoms with van der Waals surface area (Å²) >= 11 is 0. The molecule has 0 fully saturated rings. The maximum absolute atomic E-state index is 12.3. The molecule has 2 rings (SSSR count). The summed E-state index contributed by atoms with van der Waals surface area (Å²) in [7, 11) is -3.33. The van der Waals surface area contributed by atoms with Crippen molar-refractivity contribution in [3.05, 3.63) is 59.7 Å². The molecule has 128 valence electrons. The number of sulfonamides is 1. The quantitative estimate of drug-likeness (QED) is 0.805. The number of anilines is 1. The van der Waals surface area contributed by atoms with Crippen LogP contribution in [0.4, 0.5) is 5.69 Å². The number of nitrogens with one attached hydrogen (secondary N) is 2. The highest BCUT2D eigenvalue weighted by atomic mass is 32.2. The van der Waals surface area contributed by atoms with Gasteiger partial charge in [-0.2, -0.15) is 0 Å². The van der Waals surface area contributed by atoms with Crippen LogP contribution in [0.25, 0.3) is 0 Å². The molecule has 7 heteroatoms. The van der Waals surface area contributed by atoms with Gasteiger partial charge in [0.15, 0.2) is 0 Å². The Labute approximate surface area is 141 Å². The number of hydrogen-bond donors (Lipinski definition) is 2. The molecule has 0 unspecified atom stereocenters. The zero-order chi connectivity index (χ0) is 17.6. The van der Waals surface area contributed by atoms with Gasteiger partial charge in [-0.15, -0.1) is 0 Å². The molecule has 0 aliphatic rings. The molecule has 6 nitrogen and oxygen atoms in total. The lowest BCUT2D eigenvalue weighted by atomic mass is 10.1. The van der Waals surface area contributed by atoms with Crippen LogP contribution in [0.3, 0.4) is 0 Å². The molecule has 0 saturated carbocycles. The molecular formula is C17H20N2O4S. The topological polar surface area (TPSA) is 84.5 Å². The van der Waals surface area contributed by atoms with Crippen LogP contribution < -0.4 is 14.8 Å². The third-order valence-corrected chi connectivity index (χ3v) is 3.72. The van der Waals surface area contributed by atoms with Crippen molar-refractivity contribution in [1.82, 2.24) is 5.32 Å². The Morgan fingerprint density at radius 1 is 1.12 bits per heavy atom. The highest BCUT2D eigenvalue weighted by Gasteiger charge is 2.11. The average Bonchev–Trinajstić information content (AvgIpc) is 2.52. The number of para-hydroxylation sites is 1. The number of hydrogen-bond acceptors (Lipinski definition) is 4. The lowest BCUT2D eigenvalue weighted by Crippen LogP contribution is -2.23. The van der Waals surface area contributed by atoms with Gasteiger partial charge in [0, 0.05) is 12.2 Å². The first-order valence-electron chi connectivity index (χ1n) is 7.46. The van der Waals surface area contributed by atoms with Crippen molar-refractivity contribution in [1.29, 1.82) is 0 Å². The van der Waals surface area contributed by atoms with Crippen LogP contribution in [0.15, 0.2) is 48.5 Å². The Morgan fingerprint density at radius 3 is 2.58 bits per heavy atom. The van der Waals surface area contributed by atoms with Crippen molar-refractivity contribution in [2.75, 3.05) is 17.6 Å². The van der Waals surface area contributed by atoms with Gasteiger partial charge in [0.1, 0.15) is 5.75 Å². The van der Waals surface area contributed by atoms with Gasteiger partial charge in [0.25, 0.3) is 5.91 Å². The third kappa shape index (κ3) is 5.27. The number of benzene rings is 2. The molecule has 0 spiro atoms. The molecular weight excluding hydrogens is 328 g/mol. The molecule has 0 aliphatic heterocycles. The minimum Gasteiger partial charge on any atom is -0.493 e. The van der Waals surface area contributed by atoms with Gasteiger partial charge >= 0.3 is 0 Å². The van der Waals surface area contributed by atoms with E-state index in [0.29, 0.717) is 23.6 Å². The Balaban J connectivity index is 2.06. The van der Waals surface area contributed by atoms with Gasteiger partial charge in [-0.3, -0.25) is 9.52 Å². The fourth-order valence-corrected chi connectivity index (χ4v) is 2.73. The first-order chi connectivity index (χ1) is 11.4. The molecule has 0 atom stereocenters. The van der Waals surface area contributed by atoms with E-state index in [9.17, 15) is 13.2 Å². The van der Waals surface area contributed by atoms with Gasteiger partial charge < -0.3 is 10.1 Å². The lowest BCUT2D eigenvalue weighted by molar-refractivity contribution is 0.0947. The zero-order valence-corrected chi connectivity index (χ0v) is 14.4. The molecule has 0 bridgehead atoms. The fraction of sp³-hybridized carbons (Fsp3) is 0.235. The summed E-state index contributed by atoms with van der Waals surface area (Å²) in [4.78, 5) is 12.3. The van der Waals surface area contributed by atoms with Gasteiger partial charge in [-0.05, 0) is 36.8 Å². The summed E-state index contributed by atoms with van der Waals surface area (Å²) in [5, 5.41) is 2.81. The van der Waals surface area contributed by atoms with Gasteiger partial charge in [-0.25, -0.2) is 8.42 Å². The minimum atomic E-state index is -3.33. The monoisotopic (exact) mass is 348 g/mol. The number of amides is 1. The van der Waals surface area contributed by atoms with Crippen molar-refractivity contribution >= 4 is 21.6 Å².